The maximum atomic E-state index is 9.76. The molecular weight excluding hydrogens is 214 g/mol. The predicted molar refractivity (Wildman–Crippen MR) is 40.6 cm³/mol. The molecule has 0 aliphatic rings. The summed E-state index contributed by atoms with van der Waals surface area (Å²) in [6, 6.07) is -0.816. The number of thiol groups is 1. The Morgan fingerprint density at radius 1 is 1.50 bits per heavy atom. The standard InChI is InChI=1S/C3H7NO2S.CH2O3.Ca/c4-2(1-7)3(5)6;2-1(3)4;/h2,7H,1,4H2,(H,5,6);(H2,2,3,4);/q;;+2/p-2/t2-;;/m0../s1. The van der Waals surface area contributed by atoms with Gasteiger partial charge in [-0.25, -0.2) is 0 Å². The van der Waals surface area contributed by atoms with E-state index in [-0.39, 0.29) is 43.5 Å². The van der Waals surface area contributed by atoms with Gasteiger partial charge in [0, 0.05) is 5.75 Å². The van der Waals surface area contributed by atoms with Crippen LogP contribution in [0.15, 0.2) is 0 Å². The van der Waals surface area contributed by atoms with Gasteiger partial charge in [-0.3, -0.25) is 4.79 Å². The Labute approximate surface area is 104 Å². The van der Waals surface area contributed by atoms with Crippen molar-refractivity contribution in [1.82, 2.24) is 0 Å². The fourth-order valence-electron chi connectivity index (χ4n) is 0.0781. The summed E-state index contributed by atoms with van der Waals surface area (Å²) in [6.07, 6.45) is -2.33. The van der Waals surface area contributed by atoms with Gasteiger partial charge >= 0.3 is 43.7 Å². The van der Waals surface area contributed by atoms with Gasteiger partial charge in [0.05, 0.1) is 0 Å². The normalized spacial score (nSPS) is 9.83. The fraction of sp³-hybridized carbons (Fsp3) is 0.500. The summed E-state index contributed by atoms with van der Waals surface area (Å²) in [5, 5.41) is 24.7. The first-order valence-corrected chi connectivity index (χ1v) is 3.02. The summed E-state index contributed by atoms with van der Waals surface area (Å²) in [5.41, 5.74) is 4.94. The van der Waals surface area contributed by atoms with E-state index in [1.54, 1.807) is 0 Å². The Morgan fingerprint density at radius 2 is 1.75 bits per heavy atom. The summed E-state index contributed by atoms with van der Waals surface area (Å²) in [5.74, 6) is -0.815. The Kier molecular flexibility index (Phi) is 17.1. The summed E-state index contributed by atoms with van der Waals surface area (Å²) < 4.78 is 0. The third kappa shape index (κ3) is 22.4. The molecule has 0 rings (SSSR count). The van der Waals surface area contributed by atoms with E-state index in [1.165, 1.54) is 0 Å². The van der Waals surface area contributed by atoms with E-state index in [0.29, 0.717) is 0 Å². The van der Waals surface area contributed by atoms with E-state index in [2.05, 4.69) is 12.6 Å². The van der Waals surface area contributed by atoms with Crippen molar-refractivity contribution in [2.75, 3.05) is 5.75 Å². The van der Waals surface area contributed by atoms with E-state index in [1.807, 2.05) is 0 Å². The summed E-state index contributed by atoms with van der Waals surface area (Å²) in [7, 11) is 0. The van der Waals surface area contributed by atoms with Crippen LogP contribution in [0.3, 0.4) is 0 Å². The Hall–Kier alpha value is 0.310. The molecule has 0 amide bonds. The number of carboxylic acid groups (broad SMARTS) is 3. The van der Waals surface area contributed by atoms with E-state index >= 15 is 0 Å². The van der Waals surface area contributed by atoms with Crippen molar-refractivity contribution in [1.29, 1.82) is 0 Å². The Bertz CT molecular complexity index is 139. The van der Waals surface area contributed by atoms with Crippen molar-refractivity contribution in [2.24, 2.45) is 5.73 Å². The maximum Gasteiger partial charge on any atom is 2.00 e. The number of carbonyl (C=O) groups excluding carboxylic acids is 1. The van der Waals surface area contributed by atoms with Crippen molar-refractivity contribution in [2.45, 2.75) is 6.04 Å². The monoisotopic (exact) mass is 221 g/mol. The van der Waals surface area contributed by atoms with Crippen LogP contribution in [0.1, 0.15) is 0 Å². The van der Waals surface area contributed by atoms with Crippen molar-refractivity contribution in [3.63, 3.8) is 0 Å². The predicted octanol–water partition coefficient (Wildman–Crippen LogP) is -3.50. The van der Waals surface area contributed by atoms with E-state index in [9.17, 15) is 4.79 Å². The fourth-order valence-corrected chi connectivity index (χ4v) is 0.234. The van der Waals surface area contributed by atoms with E-state index < -0.39 is 18.2 Å². The molecule has 0 fully saturated rings. The SMILES string of the molecule is N[C@@H](CS)C(=O)O.O=C([O-])[O-].[Ca+2]. The maximum absolute atomic E-state index is 9.76. The van der Waals surface area contributed by atoms with Gasteiger partial charge in [0.15, 0.2) is 0 Å². The number of nitrogens with two attached hydrogens (primary N) is 1. The van der Waals surface area contributed by atoms with Crippen LogP contribution in [0, 0.1) is 0 Å². The molecule has 0 unspecified atom stereocenters. The zero-order chi connectivity index (χ0) is 9.44. The molecule has 0 saturated heterocycles. The smallest absolute Gasteiger partial charge is 0.652 e. The molecule has 1 atom stereocenters. The van der Waals surface area contributed by atoms with Crippen molar-refractivity contribution >= 4 is 62.5 Å². The van der Waals surface area contributed by atoms with Gasteiger partial charge in [-0.05, 0) is 6.16 Å². The minimum absolute atomic E-state index is 0. The second-order valence-corrected chi connectivity index (χ2v) is 1.74. The van der Waals surface area contributed by atoms with Crippen LogP contribution < -0.4 is 15.9 Å². The largest absolute Gasteiger partial charge is 2.00 e. The summed E-state index contributed by atoms with van der Waals surface area (Å²) in [6.45, 7) is 0. The third-order valence-electron chi connectivity index (χ3n) is 0.514. The second kappa shape index (κ2) is 11.3. The van der Waals surface area contributed by atoms with Crippen LogP contribution in [0.4, 0.5) is 4.79 Å². The molecule has 0 aromatic rings. The van der Waals surface area contributed by atoms with Crippen LogP contribution in [0.2, 0.25) is 0 Å². The summed E-state index contributed by atoms with van der Waals surface area (Å²) in [4.78, 5) is 18.1. The molecule has 0 heterocycles. The molecule has 66 valence electrons. The number of hydrogen-bond acceptors (Lipinski definition) is 6. The average Bonchev–Trinajstić information content (AvgIpc) is 1.85. The minimum atomic E-state index is -2.33. The molecule has 0 aromatic heterocycles. The second-order valence-electron chi connectivity index (χ2n) is 1.38. The zero-order valence-electron chi connectivity index (χ0n) is 6.10. The first kappa shape index (κ1) is 18.2. The van der Waals surface area contributed by atoms with E-state index in [0.717, 1.165) is 0 Å². The number of hydrogen-bond donors (Lipinski definition) is 3. The minimum Gasteiger partial charge on any atom is -0.652 e. The molecule has 6 nitrogen and oxygen atoms in total. The number of rotatable bonds is 2. The topological polar surface area (TPSA) is 127 Å². The van der Waals surface area contributed by atoms with E-state index in [4.69, 9.17) is 25.8 Å². The van der Waals surface area contributed by atoms with Gasteiger partial charge in [0.25, 0.3) is 0 Å². The average molecular weight is 221 g/mol. The molecule has 0 saturated carbocycles. The van der Waals surface area contributed by atoms with Crippen LogP contribution in [0.5, 0.6) is 0 Å². The van der Waals surface area contributed by atoms with Gasteiger partial charge in [0.2, 0.25) is 0 Å². The number of carboxylic acids is 1. The van der Waals surface area contributed by atoms with Crippen LogP contribution in [-0.4, -0.2) is 66.8 Å². The van der Waals surface area contributed by atoms with Gasteiger partial charge in [-0.15, -0.1) is 0 Å². The molecule has 8 heteroatoms. The van der Waals surface area contributed by atoms with Crippen LogP contribution in [-0.2, 0) is 4.79 Å². The Balaban J connectivity index is -0.000000142. The first-order chi connectivity index (χ1) is 4.91. The molecule has 0 bridgehead atoms. The Morgan fingerprint density at radius 3 is 1.75 bits per heavy atom. The van der Waals surface area contributed by atoms with Crippen LogP contribution >= 0.6 is 12.6 Å². The van der Waals surface area contributed by atoms with Gasteiger partial charge in [-0.2, -0.15) is 12.6 Å². The molecule has 0 spiro atoms. The quantitative estimate of drug-likeness (QED) is 0.328. The molecule has 0 aromatic carbocycles. The molecule has 3 N–H and O–H groups in total. The first-order valence-electron chi connectivity index (χ1n) is 2.39. The number of carbonyl (C=O) groups is 2. The summed E-state index contributed by atoms with van der Waals surface area (Å²) >= 11 is 3.65. The van der Waals surface area contributed by atoms with Crippen LogP contribution in [0.25, 0.3) is 0 Å². The molecule has 0 radical (unpaired) electrons. The number of aliphatic carboxylic acids is 1. The van der Waals surface area contributed by atoms with Crippen molar-refractivity contribution < 1.29 is 24.9 Å². The van der Waals surface area contributed by atoms with Gasteiger partial charge in [0.1, 0.15) is 6.04 Å². The van der Waals surface area contributed by atoms with Gasteiger partial charge < -0.3 is 25.8 Å². The molecule has 0 aliphatic heterocycles. The van der Waals surface area contributed by atoms with Crippen molar-refractivity contribution in [3.8, 4) is 0 Å². The molecule has 0 aliphatic carbocycles. The molecule has 12 heavy (non-hydrogen) atoms. The zero-order valence-corrected chi connectivity index (χ0v) is 9.20. The van der Waals surface area contributed by atoms with Gasteiger partial charge in [-0.1, -0.05) is 0 Å². The van der Waals surface area contributed by atoms with Crippen molar-refractivity contribution in [3.05, 3.63) is 0 Å². The third-order valence-corrected chi connectivity index (χ3v) is 0.907. The molecular formula is C4H7CaNO5S.